The molecule has 0 aliphatic carbocycles. The highest BCUT2D eigenvalue weighted by Gasteiger charge is 2.18. The molecule has 0 aliphatic heterocycles. The van der Waals surface area contributed by atoms with Gasteiger partial charge in [0.05, 0.1) is 18.0 Å². The number of rotatable bonds is 6. The van der Waals surface area contributed by atoms with E-state index in [9.17, 15) is 13.2 Å². The van der Waals surface area contributed by atoms with E-state index in [1.807, 2.05) is 0 Å². The summed E-state index contributed by atoms with van der Waals surface area (Å²) in [5.74, 6) is 0.791. The summed E-state index contributed by atoms with van der Waals surface area (Å²) in [7, 11) is -3.43. The minimum atomic E-state index is -3.43. The molecular formula is C17H20N8O3S. The molecule has 0 saturated carbocycles. The van der Waals surface area contributed by atoms with Gasteiger partial charge in [-0.2, -0.15) is 9.78 Å². The molecule has 3 aromatic rings. The topological polar surface area (TPSA) is 144 Å². The Morgan fingerprint density at radius 3 is 2.59 bits per heavy atom. The lowest BCUT2D eigenvalue weighted by molar-refractivity contribution is 0.248. The van der Waals surface area contributed by atoms with Crippen molar-refractivity contribution >= 4 is 27.4 Å². The monoisotopic (exact) mass is 416 g/mol. The predicted molar refractivity (Wildman–Crippen MR) is 107 cm³/mol. The molecular weight excluding hydrogens is 396 g/mol. The molecule has 3 rings (SSSR count). The third-order valence-electron chi connectivity index (χ3n) is 3.84. The molecule has 0 radical (unpaired) electrons. The van der Waals surface area contributed by atoms with Gasteiger partial charge in [-0.3, -0.25) is 4.72 Å². The number of anilines is 2. The van der Waals surface area contributed by atoms with Gasteiger partial charge in [0.1, 0.15) is 6.33 Å². The predicted octanol–water partition coefficient (Wildman–Crippen LogP) is 1.62. The highest BCUT2D eigenvalue weighted by atomic mass is 32.2. The van der Waals surface area contributed by atoms with Crippen molar-refractivity contribution in [2.24, 2.45) is 0 Å². The van der Waals surface area contributed by atoms with Crippen molar-refractivity contribution in [2.45, 2.75) is 19.9 Å². The number of urea groups is 1. The van der Waals surface area contributed by atoms with Crippen LogP contribution in [0.1, 0.15) is 24.4 Å². The summed E-state index contributed by atoms with van der Waals surface area (Å²) in [5.41, 5.74) is 1.55. The van der Waals surface area contributed by atoms with Crippen molar-refractivity contribution in [3.63, 3.8) is 0 Å². The maximum absolute atomic E-state index is 12.4. The number of hydrogen-bond acceptors (Lipinski definition) is 7. The van der Waals surface area contributed by atoms with Gasteiger partial charge >= 0.3 is 6.03 Å². The second-order valence-corrected chi connectivity index (χ2v) is 8.05. The molecule has 0 aliphatic rings. The number of aromatic nitrogens is 5. The van der Waals surface area contributed by atoms with E-state index < -0.39 is 22.1 Å². The maximum atomic E-state index is 12.4. The van der Waals surface area contributed by atoms with Gasteiger partial charge in [-0.05, 0) is 37.6 Å². The fraction of sp³-hybridized carbons (Fsp3) is 0.235. The second-order valence-electron chi connectivity index (χ2n) is 6.30. The van der Waals surface area contributed by atoms with E-state index in [2.05, 4.69) is 35.4 Å². The molecule has 0 unspecified atom stereocenters. The summed E-state index contributed by atoms with van der Waals surface area (Å²) >= 11 is 0. The van der Waals surface area contributed by atoms with Crippen molar-refractivity contribution in [1.29, 1.82) is 0 Å². The van der Waals surface area contributed by atoms with E-state index in [1.54, 1.807) is 50.5 Å². The summed E-state index contributed by atoms with van der Waals surface area (Å²) < 4.78 is 26.8. The van der Waals surface area contributed by atoms with Crippen LogP contribution in [0.3, 0.4) is 0 Å². The van der Waals surface area contributed by atoms with Crippen LogP contribution in [-0.2, 0) is 10.0 Å². The molecule has 0 spiro atoms. The van der Waals surface area contributed by atoms with Crippen LogP contribution in [-0.4, -0.2) is 45.4 Å². The second kappa shape index (κ2) is 8.22. The molecule has 1 aromatic carbocycles. The Bertz CT molecular complexity index is 1110. The Labute approximate surface area is 167 Å². The van der Waals surface area contributed by atoms with Gasteiger partial charge in [-0.15, -0.1) is 0 Å². The minimum Gasteiger partial charge on any atom is -0.328 e. The Balaban J connectivity index is 1.71. The third kappa shape index (κ3) is 5.25. The first-order valence-electron chi connectivity index (χ1n) is 8.56. The van der Waals surface area contributed by atoms with E-state index in [-0.39, 0.29) is 0 Å². The van der Waals surface area contributed by atoms with E-state index >= 15 is 0 Å². The van der Waals surface area contributed by atoms with Crippen LogP contribution in [0, 0.1) is 6.92 Å². The van der Waals surface area contributed by atoms with Crippen LogP contribution < -0.4 is 15.4 Å². The summed E-state index contributed by atoms with van der Waals surface area (Å²) in [6.07, 6.45) is 5.58. The minimum absolute atomic E-state index is 0.337. The van der Waals surface area contributed by atoms with Crippen molar-refractivity contribution in [2.75, 3.05) is 16.3 Å². The highest BCUT2D eigenvalue weighted by molar-refractivity contribution is 7.92. The molecule has 0 fully saturated rings. The standard InChI is InChI=1S/C17H20N8O3S/c1-11-5-6-13(9-14(11)24-29(3,27)28)23-17(26)22-12(2)15-20-10-21-25(15)16-18-7-4-8-19-16/h4-10,12,24H,1-3H3,(H2,22,23,26)/t12-/m0/s1. The number of carbonyl (C=O) groups excluding carboxylic acids is 1. The SMILES string of the molecule is Cc1ccc(NC(=O)N[C@@H](C)c2ncnn2-c2ncccn2)cc1NS(C)(=O)=O. The maximum Gasteiger partial charge on any atom is 0.319 e. The lowest BCUT2D eigenvalue weighted by Gasteiger charge is -2.15. The molecule has 3 N–H and O–H groups in total. The Morgan fingerprint density at radius 1 is 1.17 bits per heavy atom. The highest BCUT2D eigenvalue weighted by Crippen LogP contribution is 2.21. The Kier molecular flexibility index (Phi) is 5.73. The van der Waals surface area contributed by atoms with E-state index in [4.69, 9.17) is 0 Å². The number of sulfonamides is 1. The van der Waals surface area contributed by atoms with Gasteiger partial charge in [-0.25, -0.2) is 28.2 Å². The zero-order chi connectivity index (χ0) is 21.0. The first-order valence-corrected chi connectivity index (χ1v) is 10.5. The average Bonchev–Trinajstić information content (AvgIpc) is 3.14. The van der Waals surface area contributed by atoms with Gasteiger partial charge in [0.25, 0.3) is 5.95 Å². The first-order chi connectivity index (χ1) is 13.7. The lowest BCUT2D eigenvalue weighted by Crippen LogP contribution is -2.32. The van der Waals surface area contributed by atoms with Gasteiger partial charge in [0, 0.05) is 18.1 Å². The number of benzene rings is 1. The number of amides is 2. The molecule has 0 bridgehead atoms. The van der Waals surface area contributed by atoms with Gasteiger partial charge in [-0.1, -0.05) is 6.07 Å². The van der Waals surface area contributed by atoms with E-state index in [0.29, 0.717) is 23.1 Å². The van der Waals surface area contributed by atoms with E-state index in [1.165, 1.54) is 11.0 Å². The molecule has 2 amide bonds. The van der Waals surface area contributed by atoms with Gasteiger partial charge < -0.3 is 10.6 Å². The van der Waals surface area contributed by atoms with Crippen LogP contribution in [0.2, 0.25) is 0 Å². The fourth-order valence-corrected chi connectivity index (χ4v) is 3.16. The smallest absolute Gasteiger partial charge is 0.319 e. The number of carbonyl (C=O) groups is 1. The van der Waals surface area contributed by atoms with Gasteiger partial charge in [0.2, 0.25) is 10.0 Å². The normalized spacial score (nSPS) is 12.2. The van der Waals surface area contributed by atoms with Crippen molar-refractivity contribution in [3.8, 4) is 5.95 Å². The van der Waals surface area contributed by atoms with Gasteiger partial charge in [0.15, 0.2) is 5.82 Å². The molecule has 12 heteroatoms. The van der Waals surface area contributed by atoms with E-state index in [0.717, 1.165) is 11.8 Å². The van der Waals surface area contributed by atoms with Crippen LogP contribution in [0.15, 0.2) is 43.0 Å². The molecule has 152 valence electrons. The van der Waals surface area contributed by atoms with Crippen LogP contribution in [0.4, 0.5) is 16.2 Å². The third-order valence-corrected chi connectivity index (χ3v) is 4.43. The Morgan fingerprint density at radius 2 is 1.90 bits per heavy atom. The zero-order valence-corrected chi connectivity index (χ0v) is 16.8. The molecule has 0 saturated heterocycles. The van der Waals surface area contributed by atoms with Crippen LogP contribution >= 0.6 is 0 Å². The van der Waals surface area contributed by atoms with Crippen molar-refractivity contribution in [1.82, 2.24) is 30.0 Å². The average molecular weight is 416 g/mol. The molecule has 29 heavy (non-hydrogen) atoms. The number of aryl methyl sites for hydroxylation is 1. The molecule has 2 aromatic heterocycles. The fourth-order valence-electron chi connectivity index (χ4n) is 2.54. The zero-order valence-electron chi connectivity index (χ0n) is 16.0. The number of nitrogens with zero attached hydrogens (tertiary/aromatic N) is 5. The van der Waals surface area contributed by atoms with Crippen LogP contribution in [0.25, 0.3) is 5.95 Å². The first kappa shape index (κ1) is 20.2. The number of nitrogens with one attached hydrogen (secondary N) is 3. The summed E-state index contributed by atoms with van der Waals surface area (Å²) in [6.45, 7) is 3.51. The lowest BCUT2D eigenvalue weighted by atomic mass is 10.2. The summed E-state index contributed by atoms with van der Waals surface area (Å²) in [5, 5.41) is 9.53. The van der Waals surface area contributed by atoms with Crippen molar-refractivity contribution in [3.05, 3.63) is 54.4 Å². The molecule has 11 nitrogen and oxygen atoms in total. The van der Waals surface area contributed by atoms with Crippen molar-refractivity contribution < 1.29 is 13.2 Å². The quantitative estimate of drug-likeness (QED) is 0.554. The summed E-state index contributed by atoms with van der Waals surface area (Å²) in [4.78, 5) is 24.8. The van der Waals surface area contributed by atoms with Crippen LogP contribution in [0.5, 0.6) is 0 Å². The summed E-state index contributed by atoms with van der Waals surface area (Å²) in [6, 6.07) is 5.61. The number of hydrogen-bond donors (Lipinski definition) is 3. The molecule has 2 heterocycles. The molecule has 1 atom stereocenters. The Hall–Kier alpha value is -3.54. The largest absolute Gasteiger partial charge is 0.328 e.